The molecule has 0 unspecified atom stereocenters. The van der Waals surface area contributed by atoms with E-state index in [1.807, 2.05) is 0 Å². The zero-order chi connectivity index (χ0) is 11.6. The maximum atomic E-state index is 12.3. The van der Waals surface area contributed by atoms with Crippen molar-refractivity contribution in [2.45, 2.75) is 30.9 Å². The van der Waals surface area contributed by atoms with Gasteiger partial charge in [0, 0.05) is 13.0 Å². The van der Waals surface area contributed by atoms with Crippen LogP contribution in [0.4, 0.5) is 30.7 Å². The molecular formula is C6H7F7O. The molecule has 0 aromatic carbocycles. The van der Waals surface area contributed by atoms with Crippen molar-refractivity contribution in [2.24, 2.45) is 0 Å². The van der Waals surface area contributed by atoms with Crippen molar-refractivity contribution in [3.63, 3.8) is 0 Å². The number of aliphatic hydroxyl groups is 1. The summed E-state index contributed by atoms with van der Waals surface area (Å²) in [4.78, 5) is 0. The van der Waals surface area contributed by atoms with Crippen LogP contribution in [-0.2, 0) is 0 Å². The van der Waals surface area contributed by atoms with Crippen LogP contribution < -0.4 is 0 Å². The lowest BCUT2D eigenvalue weighted by Gasteiger charge is -2.27. The first-order valence-electron chi connectivity index (χ1n) is 3.49. The summed E-state index contributed by atoms with van der Waals surface area (Å²) in [6, 6.07) is 0. The van der Waals surface area contributed by atoms with Crippen LogP contribution >= 0.6 is 0 Å². The molecule has 0 fully saturated rings. The summed E-state index contributed by atoms with van der Waals surface area (Å²) in [7, 11) is 0. The lowest BCUT2D eigenvalue weighted by atomic mass is 10.1. The summed E-state index contributed by atoms with van der Waals surface area (Å²) in [5, 5.41) is 8.04. The van der Waals surface area contributed by atoms with Crippen molar-refractivity contribution in [1.82, 2.24) is 0 Å². The SMILES string of the molecule is OCCCC(F)(F)C(F)(F)C(F)(F)F. The fraction of sp³-hybridized carbons (Fsp3) is 1.00. The summed E-state index contributed by atoms with van der Waals surface area (Å²) >= 11 is 0. The Morgan fingerprint density at radius 2 is 1.29 bits per heavy atom. The first kappa shape index (κ1) is 13.5. The van der Waals surface area contributed by atoms with E-state index in [-0.39, 0.29) is 0 Å². The van der Waals surface area contributed by atoms with Gasteiger partial charge in [0.25, 0.3) is 0 Å². The predicted molar refractivity (Wildman–Crippen MR) is 32.3 cm³/mol. The molecule has 0 atom stereocenters. The minimum atomic E-state index is -6.29. The smallest absolute Gasteiger partial charge is 0.396 e. The van der Waals surface area contributed by atoms with E-state index < -0.39 is 37.5 Å². The molecule has 1 nitrogen and oxygen atoms in total. The van der Waals surface area contributed by atoms with Crippen LogP contribution in [0, 0.1) is 0 Å². The Kier molecular flexibility index (Phi) is 3.77. The van der Waals surface area contributed by atoms with Gasteiger partial charge in [-0.05, 0) is 6.42 Å². The third-order valence-corrected chi connectivity index (χ3v) is 1.46. The summed E-state index contributed by atoms with van der Waals surface area (Å²) < 4.78 is 83.1. The summed E-state index contributed by atoms with van der Waals surface area (Å²) in [5.74, 6) is -11.2. The van der Waals surface area contributed by atoms with Crippen molar-refractivity contribution in [3.8, 4) is 0 Å². The third kappa shape index (κ3) is 2.49. The number of rotatable bonds is 4. The van der Waals surface area contributed by atoms with Gasteiger partial charge in [-0.15, -0.1) is 0 Å². The molecule has 0 aliphatic rings. The lowest BCUT2D eigenvalue weighted by molar-refractivity contribution is -0.355. The summed E-state index contributed by atoms with van der Waals surface area (Å²) in [6.07, 6.45) is -8.82. The number of aliphatic hydroxyl groups excluding tert-OH is 1. The van der Waals surface area contributed by atoms with Crippen LogP contribution in [-0.4, -0.2) is 29.7 Å². The van der Waals surface area contributed by atoms with E-state index in [0.29, 0.717) is 0 Å². The van der Waals surface area contributed by atoms with E-state index in [1.165, 1.54) is 0 Å². The fourth-order valence-electron chi connectivity index (χ4n) is 0.665. The molecular weight excluding hydrogens is 221 g/mol. The third-order valence-electron chi connectivity index (χ3n) is 1.46. The van der Waals surface area contributed by atoms with Crippen LogP contribution in [0.2, 0.25) is 0 Å². The van der Waals surface area contributed by atoms with Crippen LogP contribution in [0.5, 0.6) is 0 Å². The highest BCUT2D eigenvalue weighted by atomic mass is 19.4. The molecule has 0 aromatic heterocycles. The first-order valence-corrected chi connectivity index (χ1v) is 3.49. The predicted octanol–water partition coefficient (Wildman–Crippen LogP) is 2.59. The average molecular weight is 228 g/mol. The van der Waals surface area contributed by atoms with E-state index >= 15 is 0 Å². The second-order valence-electron chi connectivity index (χ2n) is 2.60. The van der Waals surface area contributed by atoms with Crippen molar-refractivity contribution >= 4 is 0 Å². The van der Waals surface area contributed by atoms with E-state index in [9.17, 15) is 30.7 Å². The molecule has 0 aliphatic carbocycles. The second kappa shape index (κ2) is 3.92. The normalized spacial score (nSPS) is 14.6. The van der Waals surface area contributed by atoms with E-state index in [0.717, 1.165) is 0 Å². The molecule has 0 bridgehead atoms. The molecule has 0 saturated carbocycles. The minimum absolute atomic E-state index is 0.821. The van der Waals surface area contributed by atoms with Gasteiger partial charge < -0.3 is 5.11 Å². The number of hydrogen-bond acceptors (Lipinski definition) is 1. The molecule has 0 rings (SSSR count). The van der Waals surface area contributed by atoms with Gasteiger partial charge in [-0.25, -0.2) is 0 Å². The Morgan fingerprint density at radius 1 is 0.857 bits per heavy atom. The zero-order valence-corrected chi connectivity index (χ0v) is 6.71. The van der Waals surface area contributed by atoms with Crippen LogP contribution in [0.25, 0.3) is 0 Å². The standard InChI is InChI=1S/C6H7F7O/c7-4(8,2-1-3-14)5(9,10)6(11,12)13/h14H,1-3H2. The maximum absolute atomic E-state index is 12.3. The number of halogens is 7. The van der Waals surface area contributed by atoms with Crippen molar-refractivity contribution in [2.75, 3.05) is 6.61 Å². The Labute approximate surface area is 74.5 Å². The highest BCUT2D eigenvalue weighted by molar-refractivity contribution is 4.90. The number of hydrogen-bond donors (Lipinski definition) is 1. The van der Waals surface area contributed by atoms with Crippen LogP contribution in [0.1, 0.15) is 12.8 Å². The lowest BCUT2D eigenvalue weighted by Crippen LogP contribution is -2.51. The highest BCUT2D eigenvalue weighted by Gasteiger charge is 2.72. The zero-order valence-electron chi connectivity index (χ0n) is 6.71. The topological polar surface area (TPSA) is 20.2 Å². The van der Waals surface area contributed by atoms with Crippen LogP contribution in [0.15, 0.2) is 0 Å². The molecule has 0 aromatic rings. The fourth-order valence-corrected chi connectivity index (χ4v) is 0.665. The van der Waals surface area contributed by atoms with Gasteiger partial charge in [-0.2, -0.15) is 30.7 Å². The molecule has 1 N–H and O–H groups in total. The van der Waals surface area contributed by atoms with Gasteiger partial charge in [0.2, 0.25) is 0 Å². The molecule has 0 aliphatic heterocycles. The molecule has 0 saturated heterocycles. The molecule has 8 heteroatoms. The molecule has 0 heterocycles. The monoisotopic (exact) mass is 228 g/mol. The summed E-state index contributed by atoms with van der Waals surface area (Å²) in [6.45, 7) is -0.872. The molecule has 0 amide bonds. The number of alkyl halides is 7. The quantitative estimate of drug-likeness (QED) is 0.733. The van der Waals surface area contributed by atoms with Gasteiger partial charge in [-0.1, -0.05) is 0 Å². The largest absolute Gasteiger partial charge is 0.459 e. The maximum Gasteiger partial charge on any atom is 0.459 e. The van der Waals surface area contributed by atoms with Gasteiger partial charge in [-0.3, -0.25) is 0 Å². The van der Waals surface area contributed by atoms with Gasteiger partial charge in [0.1, 0.15) is 0 Å². The average Bonchev–Trinajstić information content (AvgIpc) is 1.98. The van der Waals surface area contributed by atoms with E-state index in [4.69, 9.17) is 5.11 Å². The molecule has 14 heavy (non-hydrogen) atoms. The molecule has 0 spiro atoms. The Hall–Kier alpha value is -0.530. The molecule has 86 valence electrons. The Morgan fingerprint density at radius 3 is 1.57 bits per heavy atom. The van der Waals surface area contributed by atoms with Gasteiger partial charge in [0.05, 0.1) is 0 Å². The summed E-state index contributed by atoms with van der Waals surface area (Å²) in [5.41, 5.74) is 0. The van der Waals surface area contributed by atoms with E-state index in [2.05, 4.69) is 0 Å². The second-order valence-corrected chi connectivity index (χ2v) is 2.60. The highest BCUT2D eigenvalue weighted by Crippen LogP contribution is 2.48. The van der Waals surface area contributed by atoms with Gasteiger partial charge >= 0.3 is 18.0 Å². The van der Waals surface area contributed by atoms with Gasteiger partial charge in [0.15, 0.2) is 0 Å². The van der Waals surface area contributed by atoms with Crippen molar-refractivity contribution in [1.29, 1.82) is 0 Å². The Bertz CT molecular complexity index is 185. The van der Waals surface area contributed by atoms with Crippen molar-refractivity contribution in [3.05, 3.63) is 0 Å². The molecule has 0 radical (unpaired) electrons. The Balaban J connectivity index is 4.69. The van der Waals surface area contributed by atoms with Crippen LogP contribution in [0.3, 0.4) is 0 Å². The minimum Gasteiger partial charge on any atom is -0.396 e. The first-order chi connectivity index (χ1) is 6.06. The van der Waals surface area contributed by atoms with E-state index in [1.54, 1.807) is 0 Å². The van der Waals surface area contributed by atoms with Crippen molar-refractivity contribution < 1.29 is 35.8 Å².